The van der Waals surface area contributed by atoms with Gasteiger partial charge in [0.15, 0.2) is 6.61 Å². The van der Waals surface area contributed by atoms with Crippen molar-refractivity contribution in [3.63, 3.8) is 0 Å². The van der Waals surface area contributed by atoms with Gasteiger partial charge in [-0.25, -0.2) is 13.8 Å². The molecule has 32 heavy (non-hydrogen) atoms. The van der Waals surface area contributed by atoms with Crippen molar-refractivity contribution in [1.82, 2.24) is 9.88 Å². The zero-order chi connectivity index (χ0) is 23.3. The van der Waals surface area contributed by atoms with E-state index in [9.17, 15) is 13.6 Å². The molecule has 9 heteroatoms. The molecule has 1 amide bonds. The predicted octanol–water partition coefficient (Wildman–Crippen LogP) is 3.57. The van der Waals surface area contributed by atoms with Gasteiger partial charge in [0.2, 0.25) is 5.88 Å². The van der Waals surface area contributed by atoms with Crippen LogP contribution in [-0.4, -0.2) is 46.6 Å². The average molecular weight is 444 g/mol. The highest BCUT2D eigenvalue weighted by Gasteiger charge is 2.51. The van der Waals surface area contributed by atoms with E-state index in [1.165, 1.54) is 6.20 Å². The Labute approximate surface area is 187 Å². The monoisotopic (exact) mass is 444 g/mol. The summed E-state index contributed by atoms with van der Waals surface area (Å²) in [7, 11) is -0.450. The van der Waals surface area contributed by atoms with Crippen LogP contribution in [0, 0.1) is 0 Å². The third kappa shape index (κ3) is 4.36. The highest BCUT2D eigenvalue weighted by Crippen LogP contribution is 2.36. The topological polar surface area (TPSA) is 60.9 Å². The Morgan fingerprint density at radius 3 is 2.34 bits per heavy atom. The first kappa shape index (κ1) is 22.7. The largest absolute Gasteiger partial charge is 0.494 e. The number of amides is 1. The summed E-state index contributed by atoms with van der Waals surface area (Å²) in [5.41, 5.74) is 1.98. The van der Waals surface area contributed by atoms with E-state index in [1.54, 1.807) is 11.0 Å². The number of pyridine rings is 1. The number of carbonyl (C=O) groups excluding carboxylic acids is 1. The predicted molar refractivity (Wildman–Crippen MR) is 116 cm³/mol. The first-order valence-electron chi connectivity index (χ1n) is 10.6. The number of ether oxygens (including phenoxy) is 1. The lowest BCUT2D eigenvalue weighted by Crippen LogP contribution is -2.41. The van der Waals surface area contributed by atoms with E-state index < -0.39 is 30.8 Å². The number of nitrogens with zero attached hydrogens (tertiary/aromatic N) is 2. The Kier molecular flexibility index (Phi) is 5.53. The van der Waals surface area contributed by atoms with Crippen molar-refractivity contribution in [2.24, 2.45) is 0 Å². The number of aromatic nitrogens is 1. The molecule has 0 spiro atoms. The van der Waals surface area contributed by atoms with E-state index in [4.69, 9.17) is 14.0 Å². The summed E-state index contributed by atoms with van der Waals surface area (Å²) < 4.78 is 43.7. The number of hydrogen-bond acceptors (Lipinski definition) is 5. The lowest BCUT2D eigenvalue weighted by atomic mass is 9.79. The van der Waals surface area contributed by atoms with Gasteiger partial charge in [0.1, 0.15) is 5.56 Å². The van der Waals surface area contributed by atoms with Crippen LogP contribution in [0.2, 0.25) is 0 Å². The van der Waals surface area contributed by atoms with Crippen LogP contribution in [0.3, 0.4) is 0 Å². The molecule has 4 rings (SSSR count). The zero-order valence-electron chi connectivity index (χ0n) is 18.9. The summed E-state index contributed by atoms with van der Waals surface area (Å²) in [6.07, 6.45) is 1.47. The first-order chi connectivity index (χ1) is 14.9. The molecular weight excluding hydrogens is 417 g/mol. The van der Waals surface area contributed by atoms with Gasteiger partial charge < -0.3 is 18.9 Å². The quantitative estimate of drug-likeness (QED) is 0.638. The van der Waals surface area contributed by atoms with Crippen LogP contribution in [-0.2, 0) is 22.4 Å². The number of fused-ring (bicyclic) bond motifs is 1. The fourth-order valence-electron chi connectivity index (χ4n) is 3.69. The molecule has 1 aromatic carbocycles. The fourth-order valence-corrected chi connectivity index (χ4v) is 3.69. The summed E-state index contributed by atoms with van der Waals surface area (Å²) in [5.74, 6) is -3.34. The van der Waals surface area contributed by atoms with Gasteiger partial charge in [-0.3, -0.25) is 4.79 Å². The summed E-state index contributed by atoms with van der Waals surface area (Å²) >= 11 is 0. The van der Waals surface area contributed by atoms with E-state index in [2.05, 4.69) is 4.98 Å². The first-order valence-corrected chi connectivity index (χ1v) is 10.6. The third-order valence-electron chi connectivity index (χ3n) is 6.21. The van der Waals surface area contributed by atoms with Crippen LogP contribution in [0.5, 0.6) is 5.88 Å². The van der Waals surface area contributed by atoms with Gasteiger partial charge in [0.05, 0.1) is 11.2 Å². The number of halogens is 2. The van der Waals surface area contributed by atoms with Gasteiger partial charge in [-0.1, -0.05) is 24.3 Å². The smallest absolute Gasteiger partial charge is 0.471 e. The zero-order valence-corrected chi connectivity index (χ0v) is 18.9. The molecule has 0 bridgehead atoms. The molecule has 1 fully saturated rings. The van der Waals surface area contributed by atoms with Crippen LogP contribution >= 0.6 is 0 Å². The molecule has 6 nitrogen and oxygen atoms in total. The van der Waals surface area contributed by atoms with E-state index in [-0.39, 0.29) is 17.4 Å². The number of hydrogen-bond donors (Lipinski definition) is 0. The van der Waals surface area contributed by atoms with E-state index in [0.29, 0.717) is 18.7 Å². The molecule has 2 aromatic rings. The molecule has 1 aromatic heterocycles. The average Bonchev–Trinajstić information content (AvgIpc) is 3.12. The van der Waals surface area contributed by atoms with Gasteiger partial charge in [0, 0.05) is 26.2 Å². The van der Waals surface area contributed by atoms with Crippen molar-refractivity contribution in [1.29, 1.82) is 0 Å². The number of carbonyl (C=O) groups is 1. The lowest BCUT2D eigenvalue weighted by Gasteiger charge is -2.32. The van der Waals surface area contributed by atoms with Crippen molar-refractivity contribution in [3.05, 3.63) is 53.2 Å². The fraction of sp³-hybridized carbons (Fsp3) is 0.478. The molecule has 170 valence electrons. The van der Waals surface area contributed by atoms with E-state index >= 15 is 0 Å². The number of rotatable bonds is 6. The SMILES string of the molecule is CC(F)(F)COc1nccc2c1C(=O)N(Cc1ccc(B3OC(C)(C)C(C)(C)O3)cc1)C2. The van der Waals surface area contributed by atoms with E-state index in [0.717, 1.165) is 17.9 Å². The standard InChI is InChI=1S/C23H27BF2N2O4/c1-21(2)22(3,4)32-24(31-21)17-8-6-15(7-9-17)12-28-13-16-10-11-27-19(18(16)20(28)29)30-14-23(5,25)26/h6-11H,12-14H2,1-5H3. The van der Waals surface area contributed by atoms with Crippen LogP contribution in [0.15, 0.2) is 36.5 Å². The Morgan fingerprint density at radius 2 is 1.75 bits per heavy atom. The minimum Gasteiger partial charge on any atom is -0.471 e. The maximum absolute atomic E-state index is 13.2. The van der Waals surface area contributed by atoms with E-state index in [1.807, 2.05) is 52.0 Å². The van der Waals surface area contributed by atoms with Gasteiger partial charge >= 0.3 is 7.12 Å². The van der Waals surface area contributed by atoms with Crippen molar-refractivity contribution in [2.75, 3.05) is 6.61 Å². The molecule has 1 saturated heterocycles. The minimum absolute atomic E-state index is 0.0485. The van der Waals surface area contributed by atoms with Gasteiger partial charge in [-0.15, -0.1) is 0 Å². The Balaban J connectivity index is 1.45. The Morgan fingerprint density at radius 1 is 1.12 bits per heavy atom. The second kappa shape index (κ2) is 7.81. The van der Waals surface area contributed by atoms with Crippen molar-refractivity contribution < 1.29 is 27.6 Å². The highest BCUT2D eigenvalue weighted by atomic mass is 19.3. The molecule has 0 radical (unpaired) electrons. The molecule has 0 aliphatic carbocycles. The Bertz CT molecular complexity index is 1010. The number of alkyl halides is 2. The summed E-state index contributed by atoms with van der Waals surface area (Å²) in [4.78, 5) is 18.6. The molecule has 0 atom stereocenters. The highest BCUT2D eigenvalue weighted by molar-refractivity contribution is 6.62. The molecular formula is C23H27BF2N2O4. The van der Waals surface area contributed by atoms with Crippen LogP contribution in [0.1, 0.15) is 56.1 Å². The maximum atomic E-state index is 13.2. The van der Waals surface area contributed by atoms with Crippen molar-refractivity contribution >= 4 is 18.5 Å². The minimum atomic E-state index is -3.01. The molecule has 0 N–H and O–H groups in total. The lowest BCUT2D eigenvalue weighted by molar-refractivity contribution is -0.0245. The van der Waals surface area contributed by atoms with Crippen LogP contribution in [0.25, 0.3) is 0 Å². The normalized spacial score (nSPS) is 19.4. The van der Waals surface area contributed by atoms with Gasteiger partial charge in [0.25, 0.3) is 11.8 Å². The van der Waals surface area contributed by atoms with Gasteiger partial charge in [-0.05, 0) is 50.4 Å². The van der Waals surface area contributed by atoms with Gasteiger partial charge in [-0.2, -0.15) is 0 Å². The number of benzene rings is 1. The van der Waals surface area contributed by atoms with Crippen molar-refractivity contribution in [2.45, 2.75) is 64.8 Å². The third-order valence-corrected chi connectivity index (χ3v) is 6.21. The molecule has 0 unspecified atom stereocenters. The molecule has 3 heterocycles. The second-order valence-corrected chi connectivity index (χ2v) is 9.50. The molecule has 0 saturated carbocycles. The second-order valence-electron chi connectivity index (χ2n) is 9.50. The summed E-state index contributed by atoms with van der Waals surface area (Å²) in [6.45, 7) is 8.70. The van der Waals surface area contributed by atoms with Crippen LogP contribution < -0.4 is 10.2 Å². The summed E-state index contributed by atoms with van der Waals surface area (Å²) in [6, 6.07) is 9.45. The maximum Gasteiger partial charge on any atom is 0.494 e. The van der Waals surface area contributed by atoms with Crippen molar-refractivity contribution in [3.8, 4) is 5.88 Å². The Hall–Kier alpha value is -2.52. The summed E-state index contributed by atoms with van der Waals surface area (Å²) in [5, 5.41) is 0. The molecule has 2 aliphatic rings. The molecule has 2 aliphatic heterocycles. The van der Waals surface area contributed by atoms with Crippen LogP contribution in [0.4, 0.5) is 8.78 Å².